The first-order valence-electron chi connectivity index (χ1n) is 8.94. The van der Waals surface area contributed by atoms with E-state index in [9.17, 15) is 4.79 Å². The third-order valence-corrected chi connectivity index (χ3v) is 5.44. The lowest BCUT2D eigenvalue weighted by Crippen LogP contribution is -2.48. The van der Waals surface area contributed by atoms with Crippen LogP contribution in [0.25, 0.3) is 11.3 Å². The van der Waals surface area contributed by atoms with Crippen LogP contribution in [0.15, 0.2) is 53.2 Å². The summed E-state index contributed by atoms with van der Waals surface area (Å²) < 4.78 is 0. The van der Waals surface area contributed by atoms with Crippen molar-refractivity contribution >= 4 is 23.1 Å². The Hall–Kier alpha value is -2.60. The van der Waals surface area contributed by atoms with Crippen LogP contribution in [0, 0.1) is 0 Å². The molecule has 1 aliphatic heterocycles. The number of aromatic amines is 1. The number of amides is 1. The van der Waals surface area contributed by atoms with Crippen LogP contribution in [-0.4, -0.2) is 35.2 Å². The van der Waals surface area contributed by atoms with E-state index in [2.05, 4.69) is 38.6 Å². The van der Waals surface area contributed by atoms with Gasteiger partial charge in [0.25, 0.3) is 0 Å². The second-order valence-corrected chi connectivity index (χ2v) is 7.45. The Morgan fingerprint density at radius 3 is 3.00 bits per heavy atom. The van der Waals surface area contributed by atoms with Gasteiger partial charge in [0.15, 0.2) is 5.82 Å². The first-order valence-corrected chi connectivity index (χ1v) is 9.88. The second kappa shape index (κ2) is 7.74. The van der Waals surface area contributed by atoms with Gasteiger partial charge in [0, 0.05) is 25.2 Å². The Bertz CT molecular complexity index is 844. The molecule has 0 saturated carbocycles. The maximum Gasteiger partial charge on any atom is 0.224 e. The van der Waals surface area contributed by atoms with Gasteiger partial charge >= 0.3 is 0 Å². The zero-order valence-corrected chi connectivity index (χ0v) is 15.3. The van der Waals surface area contributed by atoms with Crippen LogP contribution in [0.2, 0.25) is 0 Å². The first-order chi connectivity index (χ1) is 12.8. The summed E-state index contributed by atoms with van der Waals surface area (Å²) in [5.74, 6) is 1.04. The van der Waals surface area contributed by atoms with E-state index in [0.29, 0.717) is 6.42 Å². The van der Waals surface area contributed by atoms with E-state index in [1.165, 1.54) is 0 Å². The highest BCUT2D eigenvalue weighted by atomic mass is 32.1. The number of benzene rings is 1. The van der Waals surface area contributed by atoms with Gasteiger partial charge in [-0.1, -0.05) is 30.3 Å². The maximum atomic E-state index is 12.3. The molecule has 5 nitrogen and oxygen atoms in total. The van der Waals surface area contributed by atoms with Crippen molar-refractivity contribution in [1.29, 1.82) is 0 Å². The van der Waals surface area contributed by atoms with Crippen LogP contribution >= 0.6 is 11.3 Å². The Kier molecular flexibility index (Phi) is 5.02. The summed E-state index contributed by atoms with van der Waals surface area (Å²) in [6.07, 6.45) is 2.53. The second-order valence-electron chi connectivity index (χ2n) is 6.67. The fourth-order valence-corrected chi connectivity index (χ4v) is 4.07. The number of rotatable bonds is 5. The summed E-state index contributed by atoms with van der Waals surface area (Å²) in [5.41, 5.74) is 3.23. The number of carbonyl (C=O) groups is 1. The van der Waals surface area contributed by atoms with Gasteiger partial charge in [-0.2, -0.15) is 16.4 Å². The van der Waals surface area contributed by atoms with Gasteiger partial charge in [0.05, 0.1) is 12.1 Å². The van der Waals surface area contributed by atoms with Gasteiger partial charge in [-0.3, -0.25) is 9.89 Å². The number of aromatic nitrogens is 2. The highest BCUT2D eigenvalue weighted by Crippen LogP contribution is 2.24. The Labute approximate surface area is 157 Å². The van der Waals surface area contributed by atoms with E-state index in [4.69, 9.17) is 0 Å². The topological polar surface area (TPSA) is 61.0 Å². The molecule has 1 fully saturated rings. The minimum atomic E-state index is 0.0993. The molecule has 2 aromatic heterocycles. The predicted octanol–water partition coefficient (Wildman–Crippen LogP) is 3.47. The van der Waals surface area contributed by atoms with Crippen molar-refractivity contribution in [2.45, 2.75) is 25.3 Å². The Morgan fingerprint density at radius 2 is 2.19 bits per heavy atom. The molecule has 0 bridgehead atoms. The molecule has 1 aliphatic rings. The smallest absolute Gasteiger partial charge is 0.224 e. The zero-order chi connectivity index (χ0) is 17.8. The Morgan fingerprint density at radius 1 is 1.31 bits per heavy atom. The van der Waals surface area contributed by atoms with E-state index < -0.39 is 0 Å². The van der Waals surface area contributed by atoms with E-state index >= 15 is 0 Å². The van der Waals surface area contributed by atoms with Crippen molar-refractivity contribution in [2.75, 3.05) is 18.0 Å². The highest BCUT2D eigenvalue weighted by Gasteiger charge is 2.23. The summed E-state index contributed by atoms with van der Waals surface area (Å²) in [6, 6.07) is 14.5. The van der Waals surface area contributed by atoms with Crippen molar-refractivity contribution in [3.05, 3.63) is 58.8 Å². The summed E-state index contributed by atoms with van der Waals surface area (Å²) >= 11 is 1.63. The third kappa shape index (κ3) is 3.96. The van der Waals surface area contributed by atoms with E-state index in [-0.39, 0.29) is 11.9 Å². The fourth-order valence-electron chi connectivity index (χ4n) is 3.40. The van der Waals surface area contributed by atoms with Crippen molar-refractivity contribution in [1.82, 2.24) is 15.5 Å². The fraction of sp³-hybridized carbons (Fsp3) is 0.300. The molecule has 1 unspecified atom stereocenters. The van der Waals surface area contributed by atoms with Crippen molar-refractivity contribution < 1.29 is 4.79 Å². The van der Waals surface area contributed by atoms with Gasteiger partial charge in [-0.05, 0) is 40.8 Å². The molecule has 3 aromatic rings. The normalized spacial score (nSPS) is 17.2. The third-order valence-electron chi connectivity index (χ3n) is 4.70. The Balaban J connectivity index is 1.38. The van der Waals surface area contributed by atoms with Crippen LogP contribution in [0.1, 0.15) is 18.4 Å². The molecule has 0 aliphatic carbocycles. The largest absolute Gasteiger partial charge is 0.353 e. The van der Waals surface area contributed by atoms with Gasteiger partial charge in [-0.25, -0.2) is 0 Å². The molecular weight excluding hydrogens is 344 g/mol. The minimum Gasteiger partial charge on any atom is -0.353 e. The average Bonchev–Trinajstić information content (AvgIpc) is 3.34. The van der Waals surface area contributed by atoms with Gasteiger partial charge in [0.1, 0.15) is 0 Å². The number of piperidine rings is 1. The zero-order valence-electron chi connectivity index (χ0n) is 14.5. The molecule has 0 spiro atoms. The van der Waals surface area contributed by atoms with Crippen molar-refractivity contribution in [3.8, 4) is 11.3 Å². The molecule has 1 aromatic carbocycles. The molecule has 1 amide bonds. The van der Waals surface area contributed by atoms with Crippen LogP contribution in [0.3, 0.4) is 0 Å². The molecule has 26 heavy (non-hydrogen) atoms. The van der Waals surface area contributed by atoms with Gasteiger partial charge in [0.2, 0.25) is 5.91 Å². The van der Waals surface area contributed by atoms with Crippen LogP contribution in [0.4, 0.5) is 5.82 Å². The number of hydrogen-bond donors (Lipinski definition) is 2. The molecule has 1 atom stereocenters. The number of nitrogens with one attached hydrogen (secondary N) is 2. The van der Waals surface area contributed by atoms with Crippen LogP contribution in [-0.2, 0) is 11.2 Å². The number of thiophene rings is 1. The van der Waals surface area contributed by atoms with E-state index in [0.717, 1.165) is 48.6 Å². The minimum absolute atomic E-state index is 0.0993. The molecule has 0 radical (unpaired) electrons. The quantitative estimate of drug-likeness (QED) is 0.727. The van der Waals surface area contributed by atoms with Gasteiger partial charge < -0.3 is 10.2 Å². The molecule has 1 saturated heterocycles. The number of hydrogen-bond acceptors (Lipinski definition) is 4. The lowest BCUT2D eigenvalue weighted by molar-refractivity contribution is -0.121. The summed E-state index contributed by atoms with van der Waals surface area (Å²) in [5, 5.41) is 14.8. The van der Waals surface area contributed by atoms with E-state index in [1.807, 2.05) is 35.0 Å². The number of anilines is 1. The molecule has 6 heteroatoms. The summed E-state index contributed by atoms with van der Waals surface area (Å²) in [7, 11) is 0. The van der Waals surface area contributed by atoms with Crippen molar-refractivity contribution in [3.63, 3.8) is 0 Å². The van der Waals surface area contributed by atoms with Gasteiger partial charge in [-0.15, -0.1) is 0 Å². The van der Waals surface area contributed by atoms with Crippen molar-refractivity contribution in [2.24, 2.45) is 0 Å². The molecule has 2 N–H and O–H groups in total. The number of H-pyrrole nitrogens is 1. The van der Waals surface area contributed by atoms with Crippen LogP contribution in [0.5, 0.6) is 0 Å². The lowest BCUT2D eigenvalue weighted by Gasteiger charge is -2.33. The summed E-state index contributed by atoms with van der Waals surface area (Å²) in [4.78, 5) is 14.5. The number of carbonyl (C=O) groups excluding carboxylic acids is 1. The van der Waals surface area contributed by atoms with Crippen LogP contribution < -0.4 is 10.2 Å². The molecule has 134 valence electrons. The standard InChI is InChI=1S/C20H22N4OS/c25-20(11-15-8-10-26-14-15)21-17-7-4-9-24(13-17)19-12-18(22-23-19)16-5-2-1-3-6-16/h1-3,5-6,8,10,12,14,17H,4,7,9,11,13H2,(H,21,25)(H,22,23). The maximum absolute atomic E-state index is 12.3. The summed E-state index contributed by atoms with van der Waals surface area (Å²) in [6.45, 7) is 1.77. The lowest BCUT2D eigenvalue weighted by atomic mass is 10.0. The predicted molar refractivity (Wildman–Crippen MR) is 105 cm³/mol. The first kappa shape index (κ1) is 16.8. The monoisotopic (exact) mass is 366 g/mol. The molecular formula is C20H22N4OS. The molecule has 3 heterocycles. The average molecular weight is 366 g/mol. The SMILES string of the molecule is O=C(Cc1ccsc1)NC1CCCN(c2cc(-c3ccccc3)[nH]n2)C1. The number of nitrogens with zero attached hydrogens (tertiary/aromatic N) is 2. The van der Waals surface area contributed by atoms with E-state index in [1.54, 1.807) is 11.3 Å². The highest BCUT2D eigenvalue weighted by molar-refractivity contribution is 7.08. The molecule has 4 rings (SSSR count).